The number of nitrogens with one attached hydrogen (secondary N) is 2. The molecule has 6 nitrogen and oxygen atoms in total. The monoisotopic (exact) mass is 424 g/mol. The van der Waals surface area contributed by atoms with Gasteiger partial charge in [-0.1, -0.05) is 36.4 Å². The highest BCUT2D eigenvalue weighted by Gasteiger charge is 2.22. The number of hydrogen-bond donors (Lipinski definition) is 4. The van der Waals surface area contributed by atoms with Gasteiger partial charge >= 0.3 is 0 Å². The van der Waals surface area contributed by atoms with Crippen molar-refractivity contribution in [3.63, 3.8) is 0 Å². The van der Waals surface area contributed by atoms with Crippen LogP contribution in [0.2, 0.25) is 0 Å². The minimum Gasteiger partial charge on any atom is -0.504 e. The second-order valence-corrected chi connectivity index (χ2v) is 9.40. The Hall–Kier alpha value is -3.03. The van der Waals surface area contributed by atoms with Crippen molar-refractivity contribution in [1.82, 2.24) is 5.32 Å². The summed E-state index contributed by atoms with van der Waals surface area (Å²) in [7, 11) is -3.29. The molecule has 1 aliphatic heterocycles. The molecule has 30 heavy (non-hydrogen) atoms. The van der Waals surface area contributed by atoms with Gasteiger partial charge in [-0.15, -0.1) is 0 Å². The molecule has 3 aromatic rings. The maximum Gasteiger partial charge on any atom is 0.229 e. The van der Waals surface area contributed by atoms with Crippen molar-refractivity contribution in [2.75, 3.05) is 17.5 Å². The number of anilines is 1. The van der Waals surface area contributed by atoms with E-state index in [1.807, 2.05) is 24.3 Å². The van der Waals surface area contributed by atoms with Crippen molar-refractivity contribution in [3.8, 4) is 22.6 Å². The maximum absolute atomic E-state index is 11.3. The third kappa shape index (κ3) is 4.58. The van der Waals surface area contributed by atoms with Gasteiger partial charge in [0.2, 0.25) is 10.0 Å². The molecule has 4 N–H and O–H groups in total. The summed E-state index contributed by atoms with van der Waals surface area (Å²) in [4.78, 5) is 0. The molecule has 1 unspecified atom stereocenters. The lowest BCUT2D eigenvalue weighted by atomic mass is 9.89. The first-order valence-electron chi connectivity index (χ1n) is 9.74. The van der Waals surface area contributed by atoms with E-state index in [0.29, 0.717) is 5.69 Å². The molecular weight excluding hydrogens is 400 g/mol. The predicted octanol–water partition coefficient (Wildman–Crippen LogP) is 3.57. The van der Waals surface area contributed by atoms with Crippen molar-refractivity contribution < 1.29 is 18.6 Å². The molecule has 4 rings (SSSR count). The molecule has 0 aliphatic carbocycles. The number of rotatable bonds is 5. The molecular formula is C23H24N2O4S. The fourth-order valence-corrected chi connectivity index (χ4v) is 4.43. The Morgan fingerprint density at radius 2 is 1.57 bits per heavy atom. The molecule has 0 fully saturated rings. The Bertz CT molecular complexity index is 1160. The summed E-state index contributed by atoms with van der Waals surface area (Å²) in [5.74, 6) is -0.164. The smallest absolute Gasteiger partial charge is 0.229 e. The third-order valence-electron chi connectivity index (χ3n) is 5.31. The van der Waals surface area contributed by atoms with Crippen molar-refractivity contribution >= 4 is 15.7 Å². The van der Waals surface area contributed by atoms with Gasteiger partial charge in [0.05, 0.1) is 6.26 Å². The van der Waals surface area contributed by atoms with Crippen LogP contribution in [0.1, 0.15) is 22.7 Å². The molecule has 0 bridgehead atoms. The van der Waals surface area contributed by atoms with Gasteiger partial charge in [0.15, 0.2) is 11.5 Å². The number of fused-ring (bicyclic) bond motifs is 1. The van der Waals surface area contributed by atoms with E-state index in [1.165, 1.54) is 0 Å². The summed E-state index contributed by atoms with van der Waals surface area (Å²) in [5, 5.41) is 23.1. The molecule has 156 valence electrons. The van der Waals surface area contributed by atoms with Gasteiger partial charge in [0.25, 0.3) is 0 Å². The Labute approximate surface area is 176 Å². The minimum absolute atomic E-state index is 0.0727. The van der Waals surface area contributed by atoms with Gasteiger partial charge in [-0.3, -0.25) is 4.72 Å². The fraction of sp³-hybridized carbons (Fsp3) is 0.217. The molecule has 0 saturated carbocycles. The lowest BCUT2D eigenvalue weighted by Crippen LogP contribution is -2.31. The Morgan fingerprint density at radius 1 is 0.967 bits per heavy atom. The van der Waals surface area contributed by atoms with E-state index >= 15 is 0 Å². The molecule has 0 amide bonds. The van der Waals surface area contributed by atoms with E-state index in [-0.39, 0.29) is 17.5 Å². The molecule has 1 atom stereocenters. The van der Waals surface area contributed by atoms with Gasteiger partial charge in [-0.25, -0.2) is 8.42 Å². The van der Waals surface area contributed by atoms with Gasteiger partial charge in [-0.05, 0) is 71.5 Å². The summed E-state index contributed by atoms with van der Waals surface area (Å²) in [6.45, 7) is 0.827. The Kier molecular flexibility index (Phi) is 5.40. The largest absolute Gasteiger partial charge is 0.504 e. The molecule has 7 heteroatoms. The maximum atomic E-state index is 11.3. The van der Waals surface area contributed by atoms with Gasteiger partial charge in [0.1, 0.15) is 0 Å². The first kappa shape index (κ1) is 20.3. The second-order valence-electron chi connectivity index (χ2n) is 7.65. The highest BCUT2D eigenvalue weighted by Crippen LogP contribution is 2.35. The van der Waals surface area contributed by atoms with Crippen LogP contribution in [0.4, 0.5) is 5.69 Å². The molecule has 1 heterocycles. The number of hydrogen-bond acceptors (Lipinski definition) is 5. The zero-order valence-corrected chi connectivity index (χ0v) is 17.4. The fourth-order valence-electron chi connectivity index (χ4n) is 3.86. The SMILES string of the molecule is CS(=O)(=O)Nc1ccc(-c2ccc(CC3NCCc4cc(O)c(O)cc43)cc2)cc1. The highest BCUT2D eigenvalue weighted by atomic mass is 32.2. The topological polar surface area (TPSA) is 98.7 Å². The summed E-state index contributed by atoms with van der Waals surface area (Å²) in [6, 6.07) is 18.9. The van der Waals surface area contributed by atoms with E-state index in [2.05, 4.69) is 22.2 Å². The lowest BCUT2D eigenvalue weighted by molar-refractivity contribution is 0.398. The van der Waals surface area contributed by atoms with Gasteiger partial charge in [0, 0.05) is 11.7 Å². The van der Waals surface area contributed by atoms with Crippen LogP contribution < -0.4 is 10.0 Å². The van der Waals surface area contributed by atoms with Crippen LogP contribution in [0.5, 0.6) is 11.5 Å². The van der Waals surface area contributed by atoms with Crippen molar-refractivity contribution in [2.45, 2.75) is 18.9 Å². The first-order valence-corrected chi connectivity index (χ1v) is 11.6. The average molecular weight is 425 g/mol. The summed E-state index contributed by atoms with van der Waals surface area (Å²) in [5.41, 5.74) is 5.83. The van der Waals surface area contributed by atoms with Crippen LogP contribution in [0.3, 0.4) is 0 Å². The third-order valence-corrected chi connectivity index (χ3v) is 5.92. The number of aromatic hydroxyl groups is 2. The van der Waals surface area contributed by atoms with Crippen LogP contribution in [0, 0.1) is 0 Å². The number of benzene rings is 3. The zero-order chi connectivity index (χ0) is 21.3. The first-order chi connectivity index (χ1) is 14.3. The number of phenols is 2. The van der Waals surface area contributed by atoms with Crippen molar-refractivity contribution in [2.24, 2.45) is 0 Å². The molecule has 0 radical (unpaired) electrons. The van der Waals surface area contributed by atoms with Crippen LogP contribution >= 0.6 is 0 Å². The summed E-state index contributed by atoms with van der Waals surface area (Å²) >= 11 is 0. The molecule has 0 spiro atoms. The van der Waals surface area contributed by atoms with Crippen LogP contribution in [0.25, 0.3) is 11.1 Å². The van der Waals surface area contributed by atoms with E-state index in [4.69, 9.17) is 0 Å². The van der Waals surface area contributed by atoms with Crippen molar-refractivity contribution in [1.29, 1.82) is 0 Å². The van der Waals surface area contributed by atoms with Gasteiger partial charge < -0.3 is 15.5 Å². The van der Waals surface area contributed by atoms with Crippen LogP contribution in [0.15, 0.2) is 60.7 Å². The van der Waals surface area contributed by atoms with E-state index < -0.39 is 10.0 Å². The van der Waals surface area contributed by atoms with Crippen LogP contribution in [-0.4, -0.2) is 31.4 Å². The number of phenolic OH excluding ortho intramolecular Hbond substituents is 2. The average Bonchev–Trinajstić information content (AvgIpc) is 2.70. The molecule has 1 aliphatic rings. The number of sulfonamides is 1. The van der Waals surface area contributed by atoms with Gasteiger partial charge in [-0.2, -0.15) is 0 Å². The Morgan fingerprint density at radius 3 is 2.20 bits per heavy atom. The summed E-state index contributed by atoms with van der Waals surface area (Å²) < 4.78 is 25.1. The van der Waals surface area contributed by atoms with Crippen LogP contribution in [-0.2, 0) is 22.9 Å². The van der Waals surface area contributed by atoms with E-state index in [9.17, 15) is 18.6 Å². The lowest BCUT2D eigenvalue weighted by Gasteiger charge is -2.27. The van der Waals surface area contributed by atoms with E-state index in [0.717, 1.165) is 53.5 Å². The second kappa shape index (κ2) is 8.01. The predicted molar refractivity (Wildman–Crippen MR) is 118 cm³/mol. The molecule has 3 aromatic carbocycles. The quantitative estimate of drug-likeness (QED) is 0.470. The zero-order valence-electron chi connectivity index (χ0n) is 16.6. The Balaban J connectivity index is 1.49. The standard InChI is InChI=1S/C23H24N2O4S/c1-30(28,29)25-19-8-6-17(7-9-19)16-4-2-15(3-5-16)12-21-20-14-23(27)22(26)13-18(20)10-11-24-21/h2-9,13-14,21,24-27H,10-12H2,1H3. The van der Waals surface area contributed by atoms with Crippen molar-refractivity contribution in [3.05, 3.63) is 77.4 Å². The summed E-state index contributed by atoms with van der Waals surface area (Å²) in [6.07, 6.45) is 2.72. The minimum atomic E-state index is -3.29. The molecule has 0 saturated heterocycles. The molecule has 0 aromatic heterocycles. The van der Waals surface area contributed by atoms with E-state index in [1.54, 1.807) is 24.3 Å². The normalized spacial score (nSPS) is 16.1. The highest BCUT2D eigenvalue weighted by molar-refractivity contribution is 7.92.